The number of carbonyl (C=O) groups excluding carboxylic acids is 2. The van der Waals surface area contributed by atoms with Crippen molar-refractivity contribution in [3.05, 3.63) is 46.0 Å². The van der Waals surface area contributed by atoms with Crippen LogP contribution in [0.5, 0.6) is 0 Å². The summed E-state index contributed by atoms with van der Waals surface area (Å²) in [4.78, 5) is 28.6. The second-order valence-electron chi connectivity index (χ2n) is 5.19. The van der Waals surface area contributed by atoms with E-state index in [2.05, 4.69) is 10.3 Å². The van der Waals surface area contributed by atoms with Crippen LogP contribution in [0, 0.1) is 11.6 Å². The van der Waals surface area contributed by atoms with Gasteiger partial charge in [-0.15, -0.1) is 0 Å². The minimum atomic E-state index is -0.973. The molecule has 1 aromatic heterocycles. The molecule has 128 valence electrons. The monoisotopic (exact) mass is 354 g/mol. The molecule has 24 heavy (non-hydrogen) atoms. The molecule has 1 heterocycles. The first kappa shape index (κ1) is 18.0. The zero-order valence-electron chi connectivity index (χ0n) is 13.4. The number of anilines is 1. The van der Waals surface area contributed by atoms with E-state index in [1.54, 1.807) is 6.92 Å². The van der Waals surface area contributed by atoms with Crippen molar-refractivity contribution in [3.8, 4) is 0 Å². The first-order chi connectivity index (χ1) is 11.3. The average molecular weight is 354 g/mol. The molecule has 1 N–H and O–H groups in total. The molecule has 0 saturated heterocycles. The van der Waals surface area contributed by atoms with Crippen LogP contribution >= 0.6 is 11.3 Å². The van der Waals surface area contributed by atoms with Crippen LogP contribution in [-0.4, -0.2) is 23.5 Å². The number of nitrogens with one attached hydrogen (secondary N) is 1. The maximum absolute atomic E-state index is 13.7. The molecule has 0 aliphatic rings. The van der Waals surface area contributed by atoms with E-state index in [0.717, 1.165) is 23.5 Å². The minimum Gasteiger partial charge on any atom is -0.462 e. The largest absolute Gasteiger partial charge is 0.462 e. The summed E-state index contributed by atoms with van der Waals surface area (Å²) in [6.45, 7) is 5.61. The molecule has 0 aliphatic heterocycles. The lowest BCUT2D eigenvalue weighted by Crippen LogP contribution is -2.13. The third-order valence-corrected chi connectivity index (χ3v) is 4.02. The van der Waals surface area contributed by atoms with E-state index < -0.39 is 23.5 Å². The highest BCUT2D eigenvalue weighted by molar-refractivity contribution is 7.17. The summed E-state index contributed by atoms with van der Waals surface area (Å²) in [5.74, 6) is -3.10. The van der Waals surface area contributed by atoms with Gasteiger partial charge in [-0.25, -0.2) is 18.6 Å². The van der Waals surface area contributed by atoms with Gasteiger partial charge in [0.15, 0.2) is 5.13 Å². The highest BCUT2D eigenvalue weighted by atomic mass is 32.1. The summed E-state index contributed by atoms with van der Waals surface area (Å²) in [5.41, 5.74) is 0.184. The maximum Gasteiger partial charge on any atom is 0.350 e. The van der Waals surface area contributed by atoms with E-state index in [0.29, 0.717) is 16.6 Å². The highest BCUT2D eigenvalue weighted by Gasteiger charge is 2.23. The number of benzene rings is 1. The Balaban J connectivity index is 2.27. The quantitative estimate of drug-likeness (QED) is 0.825. The highest BCUT2D eigenvalue weighted by Crippen LogP contribution is 2.29. The van der Waals surface area contributed by atoms with Gasteiger partial charge in [0.25, 0.3) is 5.91 Å². The van der Waals surface area contributed by atoms with Crippen molar-refractivity contribution in [3.63, 3.8) is 0 Å². The van der Waals surface area contributed by atoms with Gasteiger partial charge in [0.05, 0.1) is 17.9 Å². The van der Waals surface area contributed by atoms with Gasteiger partial charge in [0.1, 0.15) is 16.5 Å². The molecule has 0 atom stereocenters. The maximum atomic E-state index is 13.7. The zero-order valence-corrected chi connectivity index (χ0v) is 14.2. The fraction of sp³-hybridized carbons (Fsp3) is 0.312. The Morgan fingerprint density at radius 3 is 2.62 bits per heavy atom. The molecular weight excluding hydrogens is 338 g/mol. The molecule has 1 amide bonds. The van der Waals surface area contributed by atoms with Crippen LogP contribution in [0.25, 0.3) is 0 Å². The normalized spacial score (nSPS) is 10.8. The Hall–Kier alpha value is -2.35. The Kier molecular flexibility index (Phi) is 5.61. The summed E-state index contributed by atoms with van der Waals surface area (Å²) >= 11 is 0.954. The smallest absolute Gasteiger partial charge is 0.350 e. The second-order valence-corrected chi connectivity index (χ2v) is 6.19. The number of hydrogen-bond acceptors (Lipinski definition) is 5. The van der Waals surface area contributed by atoms with Crippen molar-refractivity contribution in [1.82, 2.24) is 4.98 Å². The van der Waals surface area contributed by atoms with Crippen molar-refractivity contribution in [2.45, 2.75) is 26.7 Å². The molecule has 2 aromatic rings. The number of nitrogens with zero attached hydrogens (tertiary/aromatic N) is 1. The number of ether oxygens (including phenoxy) is 1. The van der Waals surface area contributed by atoms with E-state index in [9.17, 15) is 18.4 Å². The Labute approximate surface area is 141 Å². The predicted molar refractivity (Wildman–Crippen MR) is 86.5 cm³/mol. The summed E-state index contributed by atoms with van der Waals surface area (Å²) in [6, 6.07) is 2.66. The molecule has 1 aromatic carbocycles. The molecule has 0 saturated carbocycles. The first-order valence-corrected chi connectivity index (χ1v) is 8.09. The van der Waals surface area contributed by atoms with Gasteiger partial charge in [-0.05, 0) is 25.0 Å². The van der Waals surface area contributed by atoms with Crippen LogP contribution in [0.2, 0.25) is 0 Å². The molecule has 0 aliphatic carbocycles. The van der Waals surface area contributed by atoms with Crippen LogP contribution in [0.15, 0.2) is 18.2 Å². The SMILES string of the molecule is CCOC(=O)c1sc(NC(=O)c2ccc(F)cc2F)nc1C(C)C. The number of carbonyl (C=O) groups is 2. The standard InChI is InChI=1S/C16H16F2N2O3S/c1-4-23-15(22)13-12(8(2)3)19-16(24-13)20-14(21)10-6-5-9(17)7-11(10)18/h5-8H,4H2,1-3H3,(H,19,20,21). The number of amides is 1. The Morgan fingerprint density at radius 2 is 2.04 bits per heavy atom. The molecule has 0 spiro atoms. The van der Waals surface area contributed by atoms with Crippen molar-refractivity contribution < 1.29 is 23.1 Å². The van der Waals surface area contributed by atoms with Crippen LogP contribution in [0.3, 0.4) is 0 Å². The van der Waals surface area contributed by atoms with Gasteiger partial charge in [-0.1, -0.05) is 25.2 Å². The molecule has 0 radical (unpaired) electrons. The summed E-state index contributed by atoms with van der Waals surface area (Å²) in [6.07, 6.45) is 0. The fourth-order valence-electron chi connectivity index (χ4n) is 1.96. The van der Waals surface area contributed by atoms with Crippen LogP contribution < -0.4 is 5.32 Å². The number of halogens is 2. The molecule has 5 nitrogen and oxygen atoms in total. The van der Waals surface area contributed by atoms with E-state index >= 15 is 0 Å². The Morgan fingerprint density at radius 1 is 1.33 bits per heavy atom. The van der Waals surface area contributed by atoms with Gasteiger partial charge in [0.2, 0.25) is 0 Å². The zero-order chi connectivity index (χ0) is 17.9. The van der Waals surface area contributed by atoms with Gasteiger partial charge in [-0.2, -0.15) is 0 Å². The van der Waals surface area contributed by atoms with Gasteiger partial charge >= 0.3 is 5.97 Å². The lowest BCUT2D eigenvalue weighted by molar-refractivity contribution is 0.0530. The van der Waals surface area contributed by atoms with E-state index in [1.165, 1.54) is 0 Å². The number of rotatable bonds is 5. The van der Waals surface area contributed by atoms with Crippen molar-refractivity contribution in [1.29, 1.82) is 0 Å². The number of aromatic nitrogens is 1. The fourth-order valence-corrected chi connectivity index (χ4v) is 2.97. The Bertz CT molecular complexity index is 775. The van der Waals surface area contributed by atoms with Gasteiger partial charge in [0, 0.05) is 6.07 Å². The lowest BCUT2D eigenvalue weighted by Gasteiger charge is -2.04. The van der Waals surface area contributed by atoms with Crippen molar-refractivity contribution in [2.24, 2.45) is 0 Å². The van der Waals surface area contributed by atoms with Crippen molar-refractivity contribution >= 4 is 28.3 Å². The topological polar surface area (TPSA) is 68.3 Å². The third-order valence-electron chi connectivity index (χ3n) is 3.06. The molecular formula is C16H16F2N2O3S. The number of hydrogen-bond donors (Lipinski definition) is 1. The summed E-state index contributed by atoms with van der Waals surface area (Å²) in [5, 5.41) is 2.58. The van der Waals surface area contributed by atoms with E-state index in [1.807, 2.05) is 13.8 Å². The molecule has 0 bridgehead atoms. The molecule has 0 unspecified atom stereocenters. The van der Waals surface area contributed by atoms with Crippen LogP contribution in [-0.2, 0) is 4.74 Å². The van der Waals surface area contributed by atoms with Gasteiger partial charge < -0.3 is 4.74 Å². The van der Waals surface area contributed by atoms with E-state index in [-0.39, 0.29) is 23.2 Å². The average Bonchev–Trinajstić information content (AvgIpc) is 2.91. The summed E-state index contributed by atoms with van der Waals surface area (Å²) < 4.78 is 31.5. The molecule has 2 rings (SSSR count). The van der Waals surface area contributed by atoms with Crippen LogP contribution in [0.1, 0.15) is 52.4 Å². The predicted octanol–water partition coefficient (Wildman–Crippen LogP) is 3.97. The molecule has 0 fully saturated rings. The number of esters is 1. The van der Waals surface area contributed by atoms with Crippen molar-refractivity contribution in [2.75, 3.05) is 11.9 Å². The minimum absolute atomic E-state index is 0.0612. The van der Waals surface area contributed by atoms with Gasteiger partial charge in [-0.3, -0.25) is 10.1 Å². The lowest BCUT2D eigenvalue weighted by atomic mass is 10.1. The van der Waals surface area contributed by atoms with E-state index in [4.69, 9.17) is 4.74 Å². The number of thiazole rings is 1. The summed E-state index contributed by atoms with van der Waals surface area (Å²) in [7, 11) is 0. The second kappa shape index (κ2) is 7.48. The third kappa shape index (κ3) is 3.94. The first-order valence-electron chi connectivity index (χ1n) is 7.27. The van der Waals surface area contributed by atoms with Crippen LogP contribution in [0.4, 0.5) is 13.9 Å². The molecule has 8 heteroatoms.